The Bertz CT molecular complexity index is 355. The lowest BCUT2D eigenvalue weighted by atomic mass is 9.89. The lowest BCUT2D eigenvalue weighted by Gasteiger charge is -2.22. The molecule has 1 heterocycles. The predicted molar refractivity (Wildman–Crippen MR) is 56.1 cm³/mol. The number of rotatable bonds is 1. The average Bonchev–Trinajstić information content (AvgIpc) is 2.38. The van der Waals surface area contributed by atoms with E-state index < -0.39 is 0 Å². The van der Waals surface area contributed by atoms with E-state index in [1.165, 1.54) is 5.56 Å². The Morgan fingerprint density at radius 3 is 2.71 bits per heavy atom. The van der Waals surface area contributed by atoms with E-state index in [0.29, 0.717) is 5.92 Å². The molecule has 1 aliphatic heterocycles. The summed E-state index contributed by atoms with van der Waals surface area (Å²) in [4.78, 5) is 0. The van der Waals surface area contributed by atoms with Crippen molar-refractivity contribution in [1.82, 2.24) is 0 Å². The fraction of sp³-hybridized carbons (Fsp3) is 0.500. The van der Waals surface area contributed by atoms with Gasteiger partial charge in [0.15, 0.2) is 0 Å². The lowest BCUT2D eigenvalue weighted by molar-refractivity contribution is 0.116. The molecular weight excluding hydrogens is 176 g/mol. The van der Waals surface area contributed by atoms with Gasteiger partial charge in [0.1, 0.15) is 17.1 Å². The Balaban J connectivity index is 2.45. The summed E-state index contributed by atoms with van der Waals surface area (Å²) in [6, 6.07) is 5.99. The monoisotopic (exact) mass is 192 g/mol. The van der Waals surface area contributed by atoms with Crippen molar-refractivity contribution in [2.45, 2.75) is 32.3 Å². The van der Waals surface area contributed by atoms with Crippen LogP contribution in [0.4, 0.5) is 0 Å². The Morgan fingerprint density at radius 1 is 1.36 bits per heavy atom. The van der Waals surface area contributed by atoms with E-state index in [-0.39, 0.29) is 5.60 Å². The molecule has 0 fully saturated rings. The van der Waals surface area contributed by atoms with Crippen LogP contribution in [0.15, 0.2) is 18.2 Å². The Kier molecular flexibility index (Phi) is 1.95. The number of ether oxygens (including phenoxy) is 2. The minimum Gasteiger partial charge on any atom is -0.497 e. The Hall–Kier alpha value is -1.18. The number of hydrogen-bond acceptors (Lipinski definition) is 2. The van der Waals surface area contributed by atoms with Crippen molar-refractivity contribution in [2.75, 3.05) is 7.11 Å². The summed E-state index contributed by atoms with van der Waals surface area (Å²) in [5.41, 5.74) is 1.14. The maximum absolute atomic E-state index is 5.85. The van der Waals surface area contributed by atoms with Gasteiger partial charge in [-0.1, -0.05) is 6.92 Å². The highest BCUT2D eigenvalue weighted by Crippen LogP contribution is 2.45. The average molecular weight is 192 g/mol. The summed E-state index contributed by atoms with van der Waals surface area (Å²) < 4.78 is 11.1. The third-order valence-corrected chi connectivity index (χ3v) is 3.10. The molecule has 2 nitrogen and oxygen atoms in total. The SMILES string of the molecule is COc1ccc2c(c1)C(C)C(C)(C)O2. The molecule has 1 atom stereocenters. The molecule has 0 N–H and O–H groups in total. The molecule has 0 saturated carbocycles. The van der Waals surface area contributed by atoms with E-state index in [2.05, 4.69) is 26.8 Å². The van der Waals surface area contributed by atoms with Gasteiger partial charge in [0, 0.05) is 11.5 Å². The molecule has 2 rings (SSSR count). The number of fused-ring (bicyclic) bond motifs is 1. The maximum atomic E-state index is 5.85. The van der Waals surface area contributed by atoms with E-state index in [1.54, 1.807) is 7.11 Å². The summed E-state index contributed by atoms with van der Waals surface area (Å²) in [5.74, 6) is 2.30. The largest absolute Gasteiger partial charge is 0.497 e. The zero-order chi connectivity index (χ0) is 10.3. The first-order valence-electron chi connectivity index (χ1n) is 4.91. The molecule has 1 unspecified atom stereocenters. The van der Waals surface area contributed by atoms with Crippen LogP contribution in [-0.4, -0.2) is 12.7 Å². The second kappa shape index (κ2) is 2.91. The molecule has 0 aliphatic carbocycles. The van der Waals surface area contributed by atoms with Crippen LogP contribution in [0, 0.1) is 0 Å². The molecule has 76 valence electrons. The third kappa shape index (κ3) is 1.26. The first-order chi connectivity index (χ1) is 6.54. The van der Waals surface area contributed by atoms with E-state index in [9.17, 15) is 0 Å². The van der Waals surface area contributed by atoms with Crippen molar-refractivity contribution in [3.63, 3.8) is 0 Å². The van der Waals surface area contributed by atoms with E-state index >= 15 is 0 Å². The van der Waals surface area contributed by atoms with Crippen molar-refractivity contribution < 1.29 is 9.47 Å². The van der Waals surface area contributed by atoms with Crippen LogP contribution in [0.5, 0.6) is 11.5 Å². The standard InChI is InChI=1S/C12H16O2/c1-8-10-7-9(13-4)5-6-11(10)14-12(8,2)3/h5-8H,1-4H3. The Labute approximate surface area is 84.8 Å². The Morgan fingerprint density at radius 2 is 2.07 bits per heavy atom. The van der Waals surface area contributed by atoms with Gasteiger partial charge in [0.25, 0.3) is 0 Å². The smallest absolute Gasteiger partial charge is 0.124 e. The molecule has 0 aromatic heterocycles. The fourth-order valence-electron chi connectivity index (χ4n) is 1.83. The van der Waals surface area contributed by atoms with Crippen LogP contribution < -0.4 is 9.47 Å². The van der Waals surface area contributed by atoms with Crippen molar-refractivity contribution in [2.24, 2.45) is 0 Å². The van der Waals surface area contributed by atoms with Crippen LogP contribution in [-0.2, 0) is 0 Å². The molecule has 1 aliphatic rings. The minimum absolute atomic E-state index is 0.102. The summed E-state index contributed by atoms with van der Waals surface area (Å²) in [7, 11) is 1.69. The molecule has 14 heavy (non-hydrogen) atoms. The molecule has 1 aromatic carbocycles. The third-order valence-electron chi connectivity index (χ3n) is 3.10. The number of benzene rings is 1. The lowest BCUT2D eigenvalue weighted by Crippen LogP contribution is -2.28. The van der Waals surface area contributed by atoms with Crippen LogP contribution >= 0.6 is 0 Å². The van der Waals surface area contributed by atoms with Crippen molar-refractivity contribution in [3.8, 4) is 11.5 Å². The highest BCUT2D eigenvalue weighted by atomic mass is 16.5. The van der Waals surface area contributed by atoms with Crippen LogP contribution in [0.3, 0.4) is 0 Å². The molecule has 0 bridgehead atoms. The van der Waals surface area contributed by atoms with Gasteiger partial charge in [0.05, 0.1) is 7.11 Å². The molecular formula is C12H16O2. The normalized spacial score (nSPS) is 22.7. The topological polar surface area (TPSA) is 18.5 Å². The molecule has 2 heteroatoms. The highest BCUT2D eigenvalue weighted by Gasteiger charge is 2.37. The summed E-state index contributed by atoms with van der Waals surface area (Å²) in [6.45, 7) is 6.42. The number of hydrogen-bond donors (Lipinski definition) is 0. The maximum Gasteiger partial charge on any atom is 0.124 e. The van der Waals surface area contributed by atoms with Crippen LogP contribution in [0.25, 0.3) is 0 Å². The first kappa shape index (κ1) is 9.38. The zero-order valence-corrected chi connectivity index (χ0v) is 9.13. The van der Waals surface area contributed by atoms with Crippen LogP contribution in [0.2, 0.25) is 0 Å². The zero-order valence-electron chi connectivity index (χ0n) is 9.13. The van der Waals surface area contributed by atoms with Crippen molar-refractivity contribution >= 4 is 0 Å². The van der Waals surface area contributed by atoms with Gasteiger partial charge in [0.2, 0.25) is 0 Å². The summed E-state index contributed by atoms with van der Waals surface area (Å²) >= 11 is 0. The molecule has 1 aromatic rings. The molecule has 0 spiro atoms. The molecule has 0 saturated heterocycles. The van der Waals surface area contributed by atoms with Crippen molar-refractivity contribution in [1.29, 1.82) is 0 Å². The van der Waals surface area contributed by atoms with Crippen LogP contribution in [0.1, 0.15) is 32.3 Å². The first-order valence-corrected chi connectivity index (χ1v) is 4.91. The summed E-state index contributed by atoms with van der Waals surface area (Å²) in [6.07, 6.45) is 0. The second-order valence-electron chi connectivity index (χ2n) is 4.33. The van der Waals surface area contributed by atoms with Gasteiger partial charge in [-0.2, -0.15) is 0 Å². The minimum atomic E-state index is -0.102. The fourth-order valence-corrected chi connectivity index (χ4v) is 1.83. The van der Waals surface area contributed by atoms with Gasteiger partial charge in [-0.25, -0.2) is 0 Å². The second-order valence-corrected chi connectivity index (χ2v) is 4.33. The number of methoxy groups -OCH3 is 1. The predicted octanol–water partition coefficient (Wildman–Crippen LogP) is 2.97. The van der Waals surface area contributed by atoms with Gasteiger partial charge in [-0.05, 0) is 32.0 Å². The van der Waals surface area contributed by atoms with Gasteiger partial charge in [-0.3, -0.25) is 0 Å². The van der Waals surface area contributed by atoms with Gasteiger partial charge in [-0.15, -0.1) is 0 Å². The van der Waals surface area contributed by atoms with E-state index in [4.69, 9.17) is 9.47 Å². The highest BCUT2D eigenvalue weighted by molar-refractivity contribution is 5.46. The van der Waals surface area contributed by atoms with Gasteiger partial charge >= 0.3 is 0 Å². The molecule has 0 radical (unpaired) electrons. The summed E-state index contributed by atoms with van der Waals surface area (Å²) in [5, 5.41) is 0. The van der Waals surface area contributed by atoms with E-state index in [1.807, 2.05) is 12.1 Å². The van der Waals surface area contributed by atoms with E-state index in [0.717, 1.165) is 11.5 Å². The molecule has 0 amide bonds. The van der Waals surface area contributed by atoms with Gasteiger partial charge < -0.3 is 9.47 Å². The van der Waals surface area contributed by atoms with Crippen molar-refractivity contribution in [3.05, 3.63) is 23.8 Å². The quantitative estimate of drug-likeness (QED) is 0.681.